The van der Waals surface area contributed by atoms with Crippen molar-refractivity contribution < 1.29 is 19.4 Å². The third-order valence-electron chi connectivity index (χ3n) is 5.42. The van der Waals surface area contributed by atoms with Crippen molar-refractivity contribution >= 4 is 34.8 Å². The molecule has 0 saturated carbocycles. The summed E-state index contributed by atoms with van der Waals surface area (Å²) in [5, 5.41) is 11.6. The summed E-state index contributed by atoms with van der Waals surface area (Å²) in [6.07, 6.45) is 0. The van der Waals surface area contributed by atoms with Gasteiger partial charge in [0.05, 0.1) is 31.1 Å². The third kappa shape index (κ3) is 4.71. The van der Waals surface area contributed by atoms with Crippen LogP contribution in [-0.2, 0) is 9.59 Å². The summed E-state index contributed by atoms with van der Waals surface area (Å²) in [6.45, 7) is 7.08. The van der Waals surface area contributed by atoms with Crippen molar-refractivity contribution in [3.05, 3.63) is 33.3 Å². The summed E-state index contributed by atoms with van der Waals surface area (Å²) in [6, 6.07) is 4.67. The van der Waals surface area contributed by atoms with E-state index in [1.165, 1.54) is 11.0 Å². The molecule has 0 aromatic heterocycles. The Morgan fingerprint density at radius 2 is 1.75 bits per heavy atom. The highest BCUT2D eigenvalue weighted by atomic mass is 35.5. The molecule has 2 saturated heterocycles. The Morgan fingerprint density at radius 3 is 2.32 bits per heavy atom. The number of nitro benzene ring substituents is 1. The number of anilines is 1. The van der Waals surface area contributed by atoms with Crippen molar-refractivity contribution in [3.8, 4) is 0 Å². The Kier molecular flexibility index (Phi) is 6.35. The Balaban J connectivity index is 1.52. The number of nitrogens with zero attached hydrogens (tertiary/aromatic N) is 4. The summed E-state index contributed by atoms with van der Waals surface area (Å²) < 4.78 is 0. The van der Waals surface area contributed by atoms with Gasteiger partial charge in [0.25, 0.3) is 11.6 Å². The maximum absolute atomic E-state index is 12.6. The summed E-state index contributed by atoms with van der Waals surface area (Å²) in [5.74, 6) is 0.175. The quantitative estimate of drug-likeness (QED) is 0.541. The lowest BCUT2D eigenvalue weighted by atomic mass is 10.2. The fourth-order valence-electron chi connectivity index (χ4n) is 3.75. The minimum absolute atomic E-state index is 0.0138. The number of halogens is 1. The van der Waals surface area contributed by atoms with Crippen LogP contribution in [0, 0.1) is 10.1 Å². The molecule has 2 aliphatic heterocycles. The van der Waals surface area contributed by atoms with E-state index < -0.39 is 4.92 Å². The van der Waals surface area contributed by atoms with Crippen molar-refractivity contribution in [2.75, 3.05) is 63.8 Å². The molecule has 0 aliphatic carbocycles. The van der Waals surface area contributed by atoms with Crippen molar-refractivity contribution in [2.24, 2.45) is 0 Å². The van der Waals surface area contributed by atoms with Gasteiger partial charge in [0.1, 0.15) is 5.69 Å². The molecule has 152 valence electrons. The van der Waals surface area contributed by atoms with E-state index in [0.29, 0.717) is 56.5 Å². The fourth-order valence-corrected chi connectivity index (χ4v) is 3.91. The maximum atomic E-state index is 12.6. The van der Waals surface area contributed by atoms with Gasteiger partial charge in [-0.3, -0.25) is 19.7 Å². The summed E-state index contributed by atoms with van der Waals surface area (Å²) in [5.41, 5.74) is 0.521. The average Bonchev–Trinajstić information content (AvgIpc) is 2.68. The van der Waals surface area contributed by atoms with Crippen LogP contribution in [0.2, 0.25) is 5.02 Å². The van der Waals surface area contributed by atoms with Gasteiger partial charge in [-0.15, -0.1) is 0 Å². The Hall–Kier alpha value is -2.39. The van der Waals surface area contributed by atoms with E-state index in [9.17, 15) is 19.7 Å². The van der Waals surface area contributed by atoms with E-state index in [1.807, 2.05) is 14.7 Å². The average molecular weight is 411 g/mol. The first-order chi connectivity index (χ1) is 13.3. The van der Waals surface area contributed by atoms with Gasteiger partial charge in [-0.1, -0.05) is 11.6 Å². The number of rotatable bonds is 4. The van der Waals surface area contributed by atoms with E-state index in [1.54, 1.807) is 19.1 Å². The number of carbonyl (C=O) groups is 2. The Bertz CT molecular complexity index is 758. The first-order valence-electron chi connectivity index (χ1n) is 9.41. The first kappa shape index (κ1) is 20.3. The minimum Gasteiger partial charge on any atom is -0.362 e. The van der Waals surface area contributed by atoms with Crippen molar-refractivity contribution in [1.82, 2.24) is 9.80 Å². The molecule has 0 unspecified atom stereocenters. The number of hydrogen-bond acceptors (Lipinski definition) is 5. The number of nitrogens with one attached hydrogen (secondary N) is 1. The summed E-state index contributed by atoms with van der Waals surface area (Å²) in [4.78, 5) is 41.6. The van der Waals surface area contributed by atoms with E-state index in [4.69, 9.17) is 11.6 Å². The predicted molar refractivity (Wildman–Crippen MR) is 105 cm³/mol. The highest BCUT2D eigenvalue weighted by molar-refractivity contribution is 6.30. The number of piperazine rings is 2. The third-order valence-corrected chi connectivity index (χ3v) is 5.66. The first-order valence-corrected chi connectivity index (χ1v) is 9.78. The molecule has 2 amide bonds. The number of carbonyl (C=O) groups excluding carboxylic acids is 2. The number of amides is 2. The highest BCUT2D eigenvalue weighted by Gasteiger charge is 2.29. The molecule has 2 aliphatic rings. The zero-order valence-electron chi connectivity index (χ0n) is 15.9. The molecule has 2 heterocycles. The second-order valence-corrected chi connectivity index (χ2v) is 7.63. The molecule has 0 atom stereocenters. The molecule has 0 bridgehead atoms. The van der Waals surface area contributed by atoms with Crippen LogP contribution < -0.4 is 9.80 Å². The molecule has 0 radical (unpaired) electrons. The number of quaternary nitrogens is 1. The molecule has 1 N–H and O–H groups in total. The molecule has 1 aromatic rings. The topological polar surface area (TPSA) is 91.4 Å². The highest BCUT2D eigenvalue weighted by Crippen LogP contribution is 2.31. The smallest absolute Gasteiger partial charge is 0.294 e. The van der Waals surface area contributed by atoms with Crippen molar-refractivity contribution in [3.63, 3.8) is 0 Å². The zero-order chi connectivity index (χ0) is 20.3. The largest absolute Gasteiger partial charge is 0.362 e. The SMILES string of the molecule is CC(=O)N1CC[NH+](CC(=O)N2CCN(c3ccc(Cl)cc3[N+](=O)[O-])CC2)CC1. The van der Waals surface area contributed by atoms with Crippen LogP contribution >= 0.6 is 11.6 Å². The number of nitro groups is 1. The van der Waals surface area contributed by atoms with Crippen LogP contribution in [0.3, 0.4) is 0 Å². The van der Waals surface area contributed by atoms with Crippen LogP contribution in [0.25, 0.3) is 0 Å². The normalized spacial score (nSPS) is 18.3. The maximum Gasteiger partial charge on any atom is 0.294 e. The van der Waals surface area contributed by atoms with E-state index >= 15 is 0 Å². The van der Waals surface area contributed by atoms with Crippen LogP contribution in [-0.4, -0.2) is 85.4 Å². The van der Waals surface area contributed by atoms with Crippen LogP contribution in [0.4, 0.5) is 11.4 Å². The molecule has 0 spiro atoms. The second-order valence-electron chi connectivity index (χ2n) is 7.19. The lowest BCUT2D eigenvalue weighted by Gasteiger charge is -2.37. The van der Waals surface area contributed by atoms with Crippen LogP contribution in [0.5, 0.6) is 0 Å². The molecular weight excluding hydrogens is 386 g/mol. The van der Waals surface area contributed by atoms with Gasteiger partial charge >= 0.3 is 0 Å². The number of benzene rings is 1. The summed E-state index contributed by atoms with van der Waals surface area (Å²) in [7, 11) is 0. The van der Waals surface area contributed by atoms with E-state index in [-0.39, 0.29) is 17.5 Å². The van der Waals surface area contributed by atoms with Crippen LogP contribution in [0.15, 0.2) is 18.2 Å². The van der Waals surface area contributed by atoms with E-state index in [2.05, 4.69) is 0 Å². The van der Waals surface area contributed by atoms with Gasteiger partial charge in [0.15, 0.2) is 6.54 Å². The van der Waals surface area contributed by atoms with Gasteiger partial charge in [-0.2, -0.15) is 0 Å². The van der Waals surface area contributed by atoms with Crippen LogP contribution in [0.1, 0.15) is 6.92 Å². The minimum atomic E-state index is -0.428. The number of hydrogen-bond donors (Lipinski definition) is 1. The fraction of sp³-hybridized carbons (Fsp3) is 0.556. The van der Waals surface area contributed by atoms with E-state index in [0.717, 1.165) is 13.1 Å². The molecule has 9 nitrogen and oxygen atoms in total. The lowest BCUT2D eigenvalue weighted by Crippen LogP contribution is -3.15. The molecule has 3 rings (SSSR count). The van der Waals surface area contributed by atoms with Gasteiger partial charge < -0.3 is 19.6 Å². The molecule has 2 fully saturated rings. The molecule has 10 heteroatoms. The van der Waals surface area contributed by atoms with Crippen molar-refractivity contribution in [2.45, 2.75) is 6.92 Å². The van der Waals surface area contributed by atoms with Crippen molar-refractivity contribution in [1.29, 1.82) is 0 Å². The Labute approximate surface area is 168 Å². The molecular formula is C18H25ClN5O4+. The standard InChI is InChI=1S/C18H24ClN5O4/c1-14(25)21-6-4-20(5-7-21)13-18(26)23-10-8-22(9-11-23)16-3-2-15(19)12-17(16)24(27)28/h2-3,12H,4-11,13H2,1H3/p+1. The lowest BCUT2D eigenvalue weighted by molar-refractivity contribution is -0.896. The Morgan fingerprint density at radius 1 is 1.11 bits per heavy atom. The molecule has 28 heavy (non-hydrogen) atoms. The van der Waals surface area contributed by atoms with Gasteiger partial charge in [-0.05, 0) is 12.1 Å². The predicted octanol–water partition coefficient (Wildman–Crippen LogP) is -0.356. The zero-order valence-corrected chi connectivity index (χ0v) is 16.7. The molecule has 1 aromatic carbocycles. The monoisotopic (exact) mass is 410 g/mol. The second kappa shape index (κ2) is 8.74. The van der Waals surface area contributed by atoms with Gasteiger partial charge in [-0.25, -0.2) is 0 Å². The summed E-state index contributed by atoms with van der Waals surface area (Å²) >= 11 is 5.88. The van der Waals surface area contributed by atoms with Gasteiger partial charge in [0, 0.05) is 44.2 Å². The van der Waals surface area contributed by atoms with Gasteiger partial charge in [0.2, 0.25) is 5.91 Å².